The van der Waals surface area contributed by atoms with Crippen molar-refractivity contribution < 1.29 is 28.8 Å². The first kappa shape index (κ1) is 28.6. The number of amides is 1. The van der Waals surface area contributed by atoms with Crippen LogP contribution in [0.1, 0.15) is 36.9 Å². The molecule has 1 N–H and O–H groups in total. The Balaban J connectivity index is 2.05. The van der Waals surface area contributed by atoms with Crippen molar-refractivity contribution in [1.82, 2.24) is 5.32 Å². The second kappa shape index (κ2) is 13.5. The smallest absolute Gasteiger partial charge is 0.336 e. The average molecular weight is 540 g/mol. The molecule has 3 atom stereocenters. The molecule has 1 aliphatic rings. The number of esters is 2. The maximum Gasteiger partial charge on any atom is 0.336 e. The summed E-state index contributed by atoms with van der Waals surface area (Å²) in [5.41, 5.74) is 2.13. The van der Waals surface area contributed by atoms with Crippen molar-refractivity contribution in [2.45, 2.75) is 25.8 Å². The number of aliphatic imine (C=N–C) groups is 1. The molecule has 0 fully saturated rings. The fourth-order valence-electron chi connectivity index (χ4n) is 4.40. The zero-order valence-corrected chi connectivity index (χ0v) is 22.1. The molecule has 0 saturated heterocycles. The van der Waals surface area contributed by atoms with E-state index in [9.17, 15) is 24.5 Å². The van der Waals surface area contributed by atoms with Crippen LogP contribution in [0.15, 0.2) is 70.9 Å². The molecule has 10 nitrogen and oxygen atoms in total. The summed E-state index contributed by atoms with van der Waals surface area (Å²) in [5.74, 6) is -2.38. The summed E-state index contributed by atoms with van der Waals surface area (Å²) in [4.78, 5) is 53.0. The molecule has 1 amide bonds. The van der Waals surface area contributed by atoms with E-state index in [-0.39, 0.29) is 29.7 Å². The summed E-state index contributed by atoms with van der Waals surface area (Å²) in [7, 11) is 1.24. The number of carbonyl (C=O) groups is 3. The van der Waals surface area contributed by atoms with Gasteiger partial charge < -0.3 is 14.8 Å². The van der Waals surface area contributed by atoms with Gasteiger partial charge in [-0.25, -0.2) is 4.79 Å². The highest BCUT2D eigenvalue weighted by molar-refractivity contribution is 7.99. The highest BCUT2D eigenvalue weighted by Crippen LogP contribution is 2.42. The average Bonchev–Trinajstić information content (AvgIpc) is 2.92. The first-order valence-electron chi connectivity index (χ1n) is 11.9. The maximum atomic E-state index is 13.3. The molecular weight excluding hydrogens is 510 g/mol. The van der Waals surface area contributed by atoms with E-state index >= 15 is 0 Å². The van der Waals surface area contributed by atoms with Gasteiger partial charge in [-0.3, -0.25) is 24.7 Å². The van der Waals surface area contributed by atoms with Crippen LogP contribution < -0.4 is 5.32 Å². The molecule has 11 heteroatoms. The van der Waals surface area contributed by atoms with Crippen molar-refractivity contribution in [3.63, 3.8) is 0 Å². The Labute approximate surface area is 224 Å². The van der Waals surface area contributed by atoms with Crippen molar-refractivity contribution in [3.05, 3.63) is 87.1 Å². The van der Waals surface area contributed by atoms with E-state index < -0.39 is 28.7 Å². The summed E-state index contributed by atoms with van der Waals surface area (Å²) in [6, 6.07) is 15.0. The van der Waals surface area contributed by atoms with Gasteiger partial charge in [0.05, 0.1) is 36.0 Å². The minimum Gasteiger partial charge on any atom is -0.468 e. The van der Waals surface area contributed by atoms with Crippen LogP contribution in [0.2, 0.25) is 0 Å². The monoisotopic (exact) mass is 539 g/mol. The molecule has 0 saturated carbocycles. The van der Waals surface area contributed by atoms with E-state index in [1.807, 2.05) is 30.3 Å². The minimum absolute atomic E-state index is 0.0926. The van der Waals surface area contributed by atoms with Gasteiger partial charge in [0.25, 0.3) is 5.69 Å². The number of carbonyl (C=O) groups excluding carboxylic acids is 3. The predicted octanol–water partition coefficient (Wildman–Crippen LogP) is 3.98. The molecular formula is C27H29N3O7S. The van der Waals surface area contributed by atoms with Crippen molar-refractivity contribution >= 4 is 41.5 Å². The second-order valence-corrected chi connectivity index (χ2v) is 9.46. The maximum absolute atomic E-state index is 13.3. The Hall–Kier alpha value is -3.99. The Morgan fingerprint density at radius 1 is 1.21 bits per heavy atom. The van der Waals surface area contributed by atoms with E-state index in [1.165, 1.54) is 37.1 Å². The second-order valence-electron chi connectivity index (χ2n) is 8.43. The molecule has 0 bridgehead atoms. The fraction of sp³-hybridized carbons (Fsp3) is 0.333. The van der Waals surface area contributed by atoms with E-state index in [0.29, 0.717) is 29.1 Å². The fourth-order valence-corrected chi connectivity index (χ4v) is 5.46. The number of benzene rings is 2. The summed E-state index contributed by atoms with van der Waals surface area (Å²) in [5, 5.41) is 14.3. The van der Waals surface area contributed by atoms with Crippen LogP contribution in [-0.2, 0) is 23.9 Å². The molecule has 0 spiro atoms. The number of hydrogen-bond donors (Lipinski definition) is 1. The van der Waals surface area contributed by atoms with Crippen molar-refractivity contribution in [1.29, 1.82) is 0 Å². The molecule has 0 aromatic heterocycles. The summed E-state index contributed by atoms with van der Waals surface area (Å²) in [6.45, 7) is 3.43. The highest BCUT2D eigenvalue weighted by Gasteiger charge is 2.43. The van der Waals surface area contributed by atoms with Gasteiger partial charge >= 0.3 is 11.9 Å². The van der Waals surface area contributed by atoms with Crippen LogP contribution in [0.25, 0.3) is 0 Å². The van der Waals surface area contributed by atoms with Crippen LogP contribution in [-0.4, -0.2) is 54.2 Å². The number of hydrogen-bond acceptors (Lipinski definition) is 9. The Morgan fingerprint density at radius 3 is 2.58 bits per heavy atom. The Morgan fingerprint density at radius 2 is 1.95 bits per heavy atom. The molecule has 200 valence electrons. The SMILES string of the molecule is CCOC(=O)C1=C(CSC[C@@H](NC=O)c2ccccc2)N=C(C)C(C(=O)OC)[C@H]1c1cccc([N+](=O)[O-])c1. The first-order valence-corrected chi connectivity index (χ1v) is 13.1. The van der Waals surface area contributed by atoms with Gasteiger partial charge in [-0.2, -0.15) is 11.8 Å². The van der Waals surface area contributed by atoms with Crippen LogP contribution in [0, 0.1) is 16.0 Å². The lowest BCUT2D eigenvalue weighted by atomic mass is 9.75. The molecule has 1 heterocycles. The van der Waals surface area contributed by atoms with Gasteiger partial charge in [0.2, 0.25) is 6.41 Å². The van der Waals surface area contributed by atoms with E-state index in [1.54, 1.807) is 19.9 Å². The quantitative estimate of drug-likeness (QED) is 0.185. The number of nitrogens with one attached hydrogen (secondary N) is 1. The van der Waals surface area contributed by atoms with Gasteiger partial charge in [0.1, 0.15) is 5.92 Å². The molecule has 0 aliphatic carbocycles. The van der Waals surface area contributed by atoms with Gasteiger partial charge in [-0.15, -0.1) is 0 Å². The third kappa shape index (κ3) is 6.65. The molecule has 2 aromatic carbocycles. The lowest BCUT2D eigenvalue weighted by molar-refractivity contribution is -0.384. The Bertz CT molecular complexity index is 1250. The number of nitrogens with zero attached hydrogens (tertiary/aromatic N) is 2. The summed E-state index contributed by atoms with van der Waals surface area (Å²) >= 11 is 1.45. The molecule has 38 heavy (non-hydrogen) atoms. The van der Waals surface area contributed by atoms with Crippen LogP contribution in [0.4, 0.5) is 5.69 Å². The number of rotatable bonds is 12. The largest absolute Gasteiger partial charge is 0.468 e. The summed E-state index contributed by atoms with van der Waals surface area (Å²) in [6.07, 6.45) is 0.643. The molecule has 3 rings (SSSR count). The van der Waals surface area contributed by atoms with Crippen LogP contribution in [0.5, 0.6) is 0 Å². The number of non-ortho nitro benzene ring substituents is 1. The number of methoxy groups -OCH3 is 1. The van der Waals surface area contributed by atoms with Crippen molar-refractivity contribution in [2.75, 3.05) is 25.2 Å². The third-order valence-corrected chi connectivity index (χ3v) is 7.15. The summed E-state index contributed by atoms with van der Waals surface area (Å²) < 4.78 is 10.4. The number of ether oxygens (including phenoxy) is 2. The van der Waals surface area contributed by atoms with Gasteiger partial charge in [-0.05, 0) is 25.0 Å². The molecule has 1 aliphatic heterocycles. The zero-order chi connectivity index (χ0) is 27.7. The van der Waals surface area contributed by atoms with E-state index in [0.717, 1.165) is 5.56 Å². The number of nitro groups is 1. The molecule has 1 unspecified atom stereocenters. The molecule has 2 aromatic rings. The minimum atomic E-state index is -0.969. The van der Waals surface area contributed by atoms with Crippen LogP contribution in [0.3, 0.4) is 0 Å². The van der Waals surface area contributed by atoms with Gasteiger partial charge in [0, 0.05) is 35.3 Å². The number of thioether (sulfide) groups is 1. The van der Waals surface area contributed by atoms with Crippen molar-refractivity contribution in [2.24, 2.45) is 10.9 Å². The first-order chi connectivity index (χ1) is 18.3. The molecule has 0 radical (unpaired) electrons. The topological polar surface area (TPSA) is 137 Å². The van der Waals surface area contributed by atoms with Crippen LogP contribution >= 0.6 is 11.8 Å². The third-order valence-electron chi connectivity index (χ3n) is 6.10. The normalized spacial score (nSPS) is 17.7. The standard InChI is InChI=1S/C27H29N3O7S/c1-4-37-27(33)25-22(15-38-14-21(28-16-31)18-9-6-5-7-10-18)29-17(2)23(26(32)36-3)24(25)19-11-8-12-20(13-19)30(34)35/h5-13,16,21,23-24H,4,14-15H2,1-3H3,(H,28,31)/t21-,23?,24-/m1/s1. The predicted molar refractivity (Wildman–Crippen MR) is 144 cm³/mol. The van der Waals surface area contributed by atoms with Gasteiger partial charge in [0.15, 0.2) is 0 Å². The number of nitro benzene ring substituents is 1. The van der Waals surface area contributed by atoms with Crippen molar-refractivity contribution in [3.8, 4) is 0 Å². The van der Waals surface area contributed by atoms with Gasteiger partial charge in [-0.1, -0.05) is 42.5 Å². The zero-order valence-electron chi connectivity index (χ0n) is 21.3. The lowest BCUT2D eigenvalue weighted by Crippen LogP contribution is -2.36. The highest BCUT2D eigenvalue weighted by atomic mass is 32.2. The lowest BCUT2D eigenvalue weighted by Gasteiger charge is -2.32. The van der Waals surface area contributed by atoms with E-state index in [4.69, 9.17) is 9.47 Å². The Kier molecular flexibility index (Phi) is 10.2. The van der Waals surface area contributed by atoms with E-state index in [2.05, 4.69) is 10.3 Å².